The number of likely N-dealkylation sites (tertiary alicyclic amines) is 1. The van der Waals surface area contributed by atoms with E-state index in [9.17, 15) is 0 Å². The lowest BCUT2D eigenvalue weighted by molar-refractivity contribution is 0.237. The van der Waals surface area contributed by atoms with E-state index in [2.05, 4.69) is 21.8 Å². The van der Waals surface area contributed by atoms with Gasteiger partial charge in [-0.1, -0.05) is 6.92 Å². The second-order valence-electron chi connectivity index (χ2n) is 3.75. The standard InChI is InChI=1S/C10H17N3/c1-2-10-4-3-5-13(10)7-9-6-11-8-12-9/h6,8,10H,2-5,7H2,1H3,(H,11,12). The fourth-order valence-electron chi connectivity index (χ4n) is 2.16. The number of nitrogens with zero attached hydrogens (tertiary/aromatic N) is 2. The van der Waals surface area contributed by atoms with Crippen LogP contribution in [0.2, 0.25) is 0 Å². The molecule has 1 unspecified atom stereocenters. The monoisotopic (exact) mass is 179 g/mol. The van der Waals surface area contributed by atoms with Gasteiger partial charge in [-0.05, 0) is 25.8 Å². The van der Waals surface area contributed by atoms with Gasteiger partial charge in [0.05, 0.1) is 6.33 Å². The van der Waals surface area contributed by atoms with Crippen LogP contribution in [0.25, 0.3) is 0 Å². The molecule has 0 saturated carbocycles. The summed E-state index contributed by atoms with van der Waals surface area (Å²) in [7, 11) is 0. The number of nitrogens with one attached hydrogen (secondary N) is 1. The summed E-state index contributed by atoms with van der Waals surface area (Å²) < 4.78 is 0. The summed E-state index contributed by atoms with van der Waals surface area (Å²) in [6.07, 6.45) is 7.67. The fourth-order valence-corrected chi connectivity index (χ4v) is 2.16. The van der Waals surface area contributed by atoms with Crippen LogP contribution in [0.4, 0.5) is 0 Å². The number of hydrogen-bond donors (Lipinski definition) is 1. The third kappa shape index (κ3) is 1.91. The minimum atomic E-state index is 0.795. The SMILES string of the molecule is CCC1CCCN1Cc1cnc[nH]1. The van der Waals surface area contributed by atoms with Crippen molar-refractivity contribution < 1.29 is 0 Å². The Balaban J connectivity index is 1.94. The molecule has 3 nitrogen and oxygen atoms in total. The molecule has 72 valence electrons. The van der Waals surface area contributed by atoms with Crippen molar-refractivity contribution in [1.82, 2.24) is 14.9 Å². The molecule has 0 radical (unpaired) electrons. The molecular weight excluding hydrogens is 162 g/mol. The zero-order valence-corrected chi connectivity index (χ0v) is 8.16. The molecule has 1 atom stereocenters. The number of imidazole rings is 1. The van der Waals surface area contributed by atoms with E-state index in [4.69, 9.17) is 0 Å². The summed E-state index contributed by atoms with van der Waals surface area (Å²) in [5.41, 5.74) is 1.24. The molecule has 0 spiro atoms. The Morgan fingerprint density at radius 1 is 1.69 bits per heavy atom. The van der Waals surface area contributed by atoms with Gasteiger partial charge in [0.25, 0.3) is 0 Å². The van der Waals surface area contributed by atoms with Crippen molar-refractivity contribution in [3.8, 4) is 0 Å². The third-order valence-electron chi connectivity index (χ3n) is 2.90. The highest BCUT2D eigenvalue weighted by atomic mass is 15.2. The average Bonchev–Trinajstić information content (AvgIpc) is 2.76. The van der Waals surface area contributed by atoms with E-state index in [1.165, 1.54) is 31.5 Å². The lowest BCUT2D eigenvalue weighted by atomic mass is 10.2. The largest absolute Gasteiger partial charge is 0.347 e. The molecule has 0 bridgehead atoms. The lowest BCUT2D eigenvalue weighted by Crippen LogP contribution is -2.28. The Morgan fingerprint density at radius 2 is 2.62 bits per heavy atom. The molecule has 1 aliphatic rings. The first kappa shape index (κ1) is 8.75. The normalized spacial score (nSPS) is 23.9. The maximum absolute atomic E-state index is 4.03. The van der Waals surface area contributed by atoms with Crippen LogP contribution in [0.15, 0.2) is 12.5 Å². The molecule has 1 N–H and O–H groups in total. The van der Waals surface area contributed by atoms with E-state index in [1.54, 1.807) is 6.33 Å². The molecule has 1 aliphatic heterocycles. The van der Waals surface area contributed by atoms with Gasteiger partial charge in [0, 0.05) is 24.5 Å². The first-order chi connectivity index (χ1) is 6.40. The predicted octanol–water partition coefficient (Wildman–Crippen LogP) is 1.78. The molecule has 1 fully saturated rings. The number of aromatic amines is 1. The summed E-state index contributed by atoms with van der Waals surface area (Å²) in [6, 6.07) is 0.795. The van der Waals surface area contributed by atoms with Gasteiger partial charge in [0.15, 0.2) is 0 Å². The first-order valence-corrected chi connectivity index (χ1v) is 5.11. The van der Waals surface area contributed by atoms with Gasteiger partial charge in [-0.2, -0.15) is 0 Å². The summed E-state index contributed by atoms with van der Waals surface area (Å²) in [4.78, 5) is 9.74. The Bertz CT molecular complexity index is 243. The van der Waals surface area contributed by atoms with Crippen LogP contribution >= 0.6 is 0 Å². The summed E-state index contributed by atoms with van der Waals surface area (Å²) >= 11 is 0. The molecule has 0 amide bonds. The van der Waals surface area contributed by atoms with Crippen molar-refractivity contribution in [2.45, 2.75) is 38.8 Å². The Hall–Kier alpha value is -0.830. The van der Waals surface area contributed by atoms with Crippen LogP contribution < -0.4 is 0 Å². The van der Waals surface area contributed by atoms with Crippen molar-refractivity contribution in [1.29, 1.82) is 0 Å². The topological polar surface area (TPSA) is 31.9 Å². The van der Waals surface area contributed by atoms with Crippen LogP contribution in [-0.4, -0.2) is 27.5 Å². The highest BCUT2D eigenvalue weighted by Crippen LogP contribution is 2.21. The van der Waals surface area contributed by atoms with E-state index in [-0.39, 0.29) is 0 Å². The summed E-state index contributed by atoms with van der Waals surface area (Å²) in [6.45, 7) is 4.56. The Morgan fingerprint density at radius 3 is 3.31 bits per heavy atom. The fraction of sp³-hybridized carbons (Fsp3) is 0.700. The minimum Gasteiger partial charge on any atom is -0.347 e. The molecule has 2 rings (SSSR count). The van der Waals surface area contributed by atoms with Gasteiger partial charge in [0.1, 0.15) is 0 Å². The third-order valence-corrected chi connectivity index (χ3v) is 2.90. The second-order valence-corrected chi connectivity index (χ2v) is 3.75. The van der Waals surface area contributed by atoms with Gasteiger partial charge >= 0.3 is 0 Å². The molecule has 13 heavy (non-hydrogen) atoms. The van der Waals surface area contributed by atoms with Crippen molar-refractivity contribution in [2.75, 3.05) is 6.54 Å². The quantitative estimate of drug-likeness (QED) is 0.767. The number of hydrogen-bond acceptors (Lipinski definition) is 2. The van der Waals surface area contributed by atoms with E-state index in [0.717, 1.165) is 12.6 Å². The highest BCUT2D eigenvalue weighted by Gasteiger charge is 2.22. The van der Waals surface area contributed by atoms with Crippen LogP contribution in [0.3, 0.4) is 0 Å². The van der Waals surface area contributed by atoms with Gasteiger partial charge in [0.2, 0.25) is 0 Å². The molecule has 1 saturated heterocycles. The number of rotatable bonds is 3. The number of aromatic nitrogens is 2. The van der Waals surface area contributed by atoms with Gasteiger partial charge in [-0.15, -0.1) is 0 Å². The zero-order valence-electron chi connectivity index (χ0n) is 8.16. The molecule has 0 aliphatic carbocycles. The van der Waals surface area contributed by atoms with Crippen molar-refractivity contribution in [3.05, 3.63) is 18.2 Å². The van der Waals surface area contributed by atoms with Crippen molar-refractivity contribution >= 4 is 0 Å². The molecule has 1 aromatic heterocycles. The Labute approximate surface area is 79.2 Å². The van der Waals surface area contributed by atoms with E-state index in [0.29, 0.717) is 0 Å². The number of H-pyrrole nitrogens is 1. The zero-order chi connectivity index (χ0) is 9.10. The first-order valence-electron chi connectivity index (χ1n) is 5.11. The van der Waals surface area contributed by atoms with Crippen LogP contribution in [0, 0.1) is 0 Å². The highest BCUT2D eigenvalue weighted by molar-refractivity contribution is 4.95. The lowest BCUT2D eigenvalue weighted by Gasteiger charge is -2.22. The maximum Gasteiger partial charge on any atom is 0.0922 e. The van der Waals surface area contributed by atoms with Crippen LogP contribution in [0.1, 0.15) is 31.9 Å². The van der Waals surface area contributed by atoms with E-state index in [1.807, 2.05) is 6.20 Å². The molecular formula is C10H17N3. The Kier molecular flexibility index (Phi) is 2.64. The molecule has 3 heteroatoms. The molecule has 0 aromatic carbocycles. The average molecular weight is 179 g/mol. The van der Waals surface area contributed by atoms with Gasteiger partial charge in [-0.3, -0.25) is 4.90 Å². The molecule has 1 aromatic rings. The minimum absolute atomic E-state index is 0.795. The van der Waals surface area contributed by atoms with E-state index >= 15 is 0 Å². The van der Waals surface area contributed by atoms with Crippen LogP contribution in [0.5, 0.6) is 0 Å². The second kappa shape index (κ2) is 3.92. The van der Waals surface area contributed by atoms with Crippen LogP contribution in [-0.2, 0) is 6.54 Å². The van der Waals surface area contributed by atoms with Crippen molar-refractivity contribution in [2.24, 2.45) is 0 Å². The summed E-state index contributed by atoms with van der Waals surface area (Å²) in [5.74, 6) is 0. The van der Waals surface area contributed by atoms with Gasteiger partial charge < -0.3 is 4.98 Å². The molecule has 2 heterocycles. The van der Waals surface area contributed by atoms with Crippen molar-refractivity contribution in [3.63, 3.8) is 0 Å². The maximum atomic E-state index is 4.03. The van der Waals surface area contributed by atoms with E-state index < -0.39 is 0 Å². The summed E-state index contributed by atoms with van der Waals surface area (Å²) in [5, 5.41) is 0. The predicted molar refractivity (Wildman–Crippen MR) is 52.3 cm³/mol. The smallest absolute Gasteiger partial charge is 0.0922 e. The van der Waals surface area contributed by atoms with Gasteiger partial charge in [-0.25, -0.2) is 4.98 Å².